The molecule has 0 spiro atoms. The van der Waals surface area contributed by atoms with E-state index in [1.807, 2.05) is 11.4 Å². The molecule has 0 aliphatic carbocycles. The number of benzene rings is 1. The second-order valence-electron chi connectivity index (χ2n) is 9.19. The highest BCUT2D eigenvalue weighted by atomic mass is 16.5. The molecule has 1 aromatic carbocycles. The van der Waals surface area contributed by atoms with Gasteiger partial charge in [0, 0.05) is 56.5 Å². The fourth-order valence-electron chi connectivity index (χ4n) is 4.85. The van der Waals surface area contributed by atoms with Crippen molar-refractivity contribution < 1.29 is 4.74 Å². The van der Waals surface area contributed by atoms with E-state index >= 15 is 0 Å². The first-order valence-electron chi connectivity index (χ1n) is 13.0. The molecule has 2 fully saturated rings. The number of piperazine rings is 1. The van der Waals surface area contributed by atoms with Gasteiger partial charge in [-0.2, -0.15) is 9.61 Å². The van der Waals surface area contributed by atoms with Crippen LogP contribution in [-0.4, -0.2) is 60.5 Å². The molecular formula is C29H36N6O. The molecule has 1 unspecified atom stereocenters. The molecule has 2 saturated heterocycles. The number of fused-ring (bicyclic) bond motifs is 1. The number of rotatable bonds is 7. The summed E-state index contributed by atoms with van der Waals surface area (Å²) in [5.74, 6) is 2.07. The van der Waals surface area contributed by atoms with Gasteiger partial charge in [-0.05, 0) is 18.9 Å². The van der Waals surface area contributed by atoms with Gasteiger partial charge in [-0.15, -0.1) is 0 Å². The van der Waals surface area contributed by atoms with E-state index < -0.39 is 0 Å². The Balaban J connectivity index is 1.54. The van der Waals surface area contributed by atoms with Crippen molar-refractivity contribution in [2.24, 2.45) is 0 Å². The van der Waals surface area contributed by atoms with Crippen LogP contribution < -0.4 is 15.1 Å². The second-order valence-corrected chi connectivity index (χ2v) is 9.19. The van der Waals surface area contributed by atoms with Gasteiger partial charge in [0.15, 0.2) is 5.65 Å². The number of nitrogens with zero attached hydrogens (tertiary/aromatic N) is 5. The number of ether oxygens (including phenoxy) is 1. The number of hydrogen-bond donors (Lipinski definition) is 1. The first-order valence-corrected chi connectivity index (χ1v) is 13.0. The third kappa shape index (κ3) is 5.37. The summed E-state index contributed by atoms with van der Waals surface area (Å²) in [5.41, 5.74) is 4.18. The molecule has 4 heterocycles. The van der Waals surface area contributed by atoms with Crippen molar-refractivity contribution in [2.75, 3.05) is 55.7 Å². The van der Waals surface area contributed by atoms with Crippen LogP contribution in [0.3, 0.4) is 0 Å². The molecule has 0 amide bonds. The molecule has 1 N–H and O–H groups in total. The summed E-state index contributed by atoms with van der Waals surface area (Å²) >= 11 is 0. The Labute approximate surface area is 213 Å². The van der Waals surface area contributed by atoms with Crippen LogP contribution in [0.5, 0.6) is 0 Å². The van der Waals surface area contributed by atoms with Gasteiger partial charge in [0.2, 0.25) is 0 Å². The van der Waals surface area contributed by atoms with E-state index in [1.165, 1.54) is 5.56 Å². The number of aromatic nitrogens is 3. The van der Waals surface area contributed by atoms with E-state index in [2.05, 4.69) is 94.9 Å². The molecular weight excluding hydrogens is 448 g/mol. The van der Waals surface area contributed by atoms with Crippen LogP contribution in [-0.2, 0) is 4.74 Å². The molecule has 36 heavy (non-hydrogen) atoms. The number of allylic oxidation sites excluding steroid dienone is 6. The van der Waals surface area contributed by atoms with Crippen molar-refractivity contribution in [1.29, 1.82) is 0 Å². The summed E-state index contributed by atoms with van der Waals surface area (Å²) in [7, 11) is 0. The molecule has 7 heteroatoms. The summed E-state index contributed by atoms with van der Waals surface area (Å²) in [6.07, 6.45) is 11.6. The molecule has 0 bridgehead atoms. The first kappa shape index (κ1) is 24.3. The standard InChI is InChI=1S/C29H36N6O/c1-3-5-7-11-23(10-4-2)25-20-28-31-27(21-29(35(28)32-25)33-16-18-36-19-17-33)34-15-14-30-26(22-34)24-12-8-6-9-13-24/h4-13,20-21,26,30H,3,14-19,22H2,1-2H3/b7-5+,10-4-,23-11+. The van der Waals surface area contributed by atoms with Gasteiger partial charge in [0.05, 0.1) is 18.9 Å². The van der Waals surface area contributed by atoms with Gasteiger partial charge in [-0.3, -0.25) is 0 Å². The molecule has 2 aromatic heterocycles. The summed E-state index contributed by atoms with van der Waals surface area (Å²) in [5, 5.41) is 8.69. The minimum Gasteiger partial charge on any atom is -0.378 e. The van der Waals surface area contributed by atoms with Crippen molar-refractivity contribution in [3.8, 4) is 0 Å². The van der Waals surface area contributed by atoms with Gasteiger partial charge in [-0.25, -0.2) is 4.98 Å². The van der Waals surface area contributed by atoms with Crippen LogP contribution in [0.4, 0.5) is 11.6 Å². The Kier molecular flexibility index (Phi) is 7.79. The zero-order valence-electron chi connectivity index (χ0n) is 21.3. The largest absolute Gasteiger partial charge is 0.378 e. The zero-order valence-corrected chi connectivity index (χ0v) is 21.3. The highest BCUT2D eigenvalue weighted by Gasteiger charge is 2.25. The predicted molar refractivity (Wildman–Crippen MR) is 148 cm³/mol. The Morgan fingerprint density at radius 3 is 2.72 bits per heavy atom. The van der Waals surface area contributed by atoms with Gasteiger partial charge in [-0.1, -0.05) is 67.6 Å². The quantitative estimate of drug-likeness (QED) is 0.493. The maximum Gasteiger partial charge on any atom is 0.160 e. The maximum atomic E-state index is 5.64. The normalized spacial score (nSPS) is 19.7. The lowest BCUT2D eigenvalue weighted by molar-refractivity contribution is 0.122. The maximum absolute atomic E-state index is 5.64. The third-order valence-corrected chi connectivity index (χ3v) is 6.72. The molecule has 188 valence electrons. The smallest absolute Gasteiger partial charge is 0.160 e. The fourth-order valence-corrected chi connectivity index (χ4v) is 4.85. The summed E-state index contributed by atoms with van der Waals surface area (Å²) in [6, 6.07) is 15.3. The van der Waals surface area contributed by atoms with E-state index in [0.29, 0.717) is 0 Å². The van der Waals surface area contributed by atoms with E-state index in [0.717, 1.165) is 80.9 Å². The lowest BCUT2D eigenvalue weighted by Gasteiger charge is -2.36. The summed E-state index contributed by atoms with van der Waals surface area (Å²) in [4.78, 5) is 9.88. The molecule has 1 atom stereocenters. The minimum absolute atomic E-state index is 0.278. The predicted octanol–water partition coefficient (Wildman–Crippen LogP) is 4.64. The molecule has 3 aromatic rings. The van der Waals surface area contributed by atoms with Gasteiger partial charge in [0.1, 0.15) is 11.6 Å². The van der Waals surface area contributed by atoms with Crippen LogP contribution in [0.1, 0.15) is 37.6 Å². The number of morpholine rings is 1. The van der Waals surface area contributed by atoms with E-state index in [1.54, 1.807) is 0 Å². The second kappa shape index (κ2) is 11.5. The average molecular weight is 485 g/mol. The number of nitrogens with one attached hydrogen (secondary N) is 1. The Morgan fingerprint density at radius 2 is 1.94 bits per heavy atom. The highest BCUT2D eigenvalue weighted by molar-refractivity contribution is 5.76. The molecule has 0 radical (unpaired) electrons. The van der Waals surface area contributed by atoms with E-state index in [4.69, 9.17) is 14.8 Å². The Bertz CT molecular complexity index is 1240. The molecule has 7 nitrogen and oxygen atoms in total. The highest BCUT2D eigenvalue weighted by Crippen LogP contribution is 2.28. The van der Waals surface area contributed by atoms with E-state index in [9.17, 15) is 0 Å². The van der Waals surface area contributed by atoms with Gasteiger partial charge < -0.3 is 19.9 Å². The molecule has 2 aliphatic rings. The topological polar surface area (TPSA) is 57.9 Å². The van der Waals surface area contributed by atoms with Crippen molar-refractivity contribution >= 4 is 22.9 Å². The van der Waals surface area contributed by atoms with Gasteiger partial charge in [0.25, 0.3) is 0 Å². The monoisotopic (exact) mass is 484 g/mol. The van der Waals surface area contributed by atoms with Crippen LogP contribution in [0.2, 0.25) is 0 Å². The van der Waals surface area contributed by atoms with Crippen LogP contribution in [0.25, 0.3) is 11.2 Å². The summed E-state index contributed by atoms with van der Waals surface area (Å²) in [6.45, 7) is 10.0. The van der Waals surface area contributed by atoms with Crippen LogP contribution in [0.15, 0.2) is 72.8 Å². The zero-order chi connectivity index (χ0) is 24.7. The van der Waals surface area contributed by atoms with Crippen LogP contribution in [0, 0.1) is 0 Å². The lowest BCUT2D eigenvalue weighted by Crippen LogP contribution is -2.46. The fraction of sp³-hybridized carbons (Fsp3) is 0.379. The number of anilines is 2. The number of hydrogen-bond acceptors (Lipinski definition) is 6. The molecule has 5 rings (SSSR count). The van der Waals surface area contributed by atoms with Crippen molar-refractivity contribution in [3.05, 3.63) is 84.1 Å². The minimum atomic E-state index is 0.278. The lowest BCUT2D eigenvalue weighted by atomic mass is 10.0. The Morgan fingerprint density at radius 1 is 1.11 bits per heavy atom. The van der Waals surface area contributed by atoms with Crippen LogP contribution >= 0.6 is 0 Å². The Hall–Kier alpha value is -3.42. The first-order chi connectivity index (χ1) is 17.8. The van der Waals surface area contributed by atoms with Gasteiger partial charge >= 0.3 is 0 Å². The third-order valence-electron chi connectivity index (χ3n) is 6.72. The molecule has 2 aliphatic heterocycles. The van der Waals surface area contributed by atoms with Crippen molar-refractivity contribution in [3.63, 3.8) is 0 Å². The summed E-state index contributed by atoms with van der Waals surface area (Å²) < 4.78 is 7.64. The van der Waals surface area contributed by atoms with Crippen molar-refractivity contribution in [1.82, 2.24) is 19.9 Å². The van der Waals surface area contributed by atoms with E-state index in [-0.39, 0.29) is 6.04 Å². The SMILES string of the molecule is C\C=C/C(=C\C=C\CC)c1cc2nc(N3CCNC(c4ccccc4)C3)cc(N3CCOCC3)n2n1. The average Bonchev–Trinajstić information content (AvgIpc) is 3.37. The molecule has 0 saturated carbocycles. The van der Waals surface area contributed by atoms with Crippen molar-refractivity contribution in [2.45, 2.75) is 26.3 Å².